The molecule has 0 aromatic rings. The summed E-state index contributed by atoms with van der Waals surface area (Å²) in [7, 11) is 0. The average Bonchev–Trinajstić information content (AvgIpc) is 1.76. The zero-order valence-electron chi connectivity index (χ0n) is 57.9. The Bertz CT molecular complexity index is 2770. The van der Waals surface area contributed by atoms with Gasteiger partial charge in [-0.15, -0.1) is 0 Å². The summed E-state index contributed by atoms with van der Waals surface area (Å²) in [6, 6.07) is -13.8. The molecule has 11 atom stereocenters. The number of carboxylic acids is 1. The number of aliphatic imine (C=N–C) groups is 5. The lowest BCUT2D eigenvalue weighted by atomic mass is 10.0. The van der Waals surface area contributed by atoms with Gasteiger partial charge in [-0.3, -0.25) is 77.7 Å². The van der Waals surface area contributed by atoms with E-state index in [1.165, 1.54) is 11.8 Å². The van der Waals surface area contributed by atoms with Crippen LogP contribution in [0.2, 0.25) is 0 Å². The largest absolute Gasteiger partial charge is 0.480 e. The highest BCUT2D eigenvalue weighted by Gasteiger charge is 2.40. The predicted octanol–water partition coefficient (Wildman–Crippen LogP) is -10.6. The molecule has 42 heteroatoms. The minimum Gasteiger partial charge on any atom is -0.480 e. The summed E-state index contributed by atoms with van der Waals surface area (Å²) >= 11 is 0. The van der Waals surface area contributed by atoms with Gasteiger partial charge in [0.05, 0.1) is 6.10 Å². The van der Waals surface area contributed by atoms with Crippen LogP contribution in [0, 0.1) is 0 Å². The lowest BCUT2D eigenvalue weighted by molar-refractivity contribution is -0.142. The van der Waals surface area contributed by atoms with Crippen LogP contribution in [0.1, 0.15) is 142 Å². The molecule has 0 aromatic heterocycles. The molecule has 0 spiro atoms. The normalized spacial score (nSPS) is 15.4. The number of carbonyl (C=O) groups is 11. The number of amides is 10. The molecule has 0 saturated carbocycles. The van der Waals surface area contributed by atoms with Gasteiger partial charge in [-0.1, -0.05) is 0 Å². The third-order valence-corrected chi connectivity index (χ3v) is 15.7. The van der Waals surface area contributed by atoms with Crippen LogP contribution in [0.5, 0.6) is 0 Å². The molecule has 0 bridgehead atoms. The molecule has 1 aliphatic heterocycles. The van der Waals surface area contributed by atoms with Crippen molar-refractivity contribution in [1.82, 2.24) is 52.8 Å². The van der Waals surface area contributed by atoms with Gasteiger partial charge in [0.25, 0.3) is 0 Å². The van der Waals surface area contributed by atoms with Gasteiger partial charge in [0, 0.05) is 39.3 Å². The van der Waals surface area contributed by atoms with Gasteiger partial charge < -0.3 is 143 Å². The zero-order chi connectivity index (χ0) is 76.0. The van der Waals surface area contributed by atoms with Crippen LogP contribution in [0.15, 0.2) is 25.0 Å². The summed E-state index contributed by atoms with van der Waals surface area (Å²) in [4.78, 5) is 175. The third kappa shape index (κ3) is 38.5. The molecular formula is C59H115N29O13. The van der Waals surface area contributed by atoms with Crippen molar-refractivity contribution in [3.63, 3.8) is 0 Å². The standard InChI is InChI=1S/C59H115N29O13/c1-33(89)44(63)54(101)88-31-13-22-42(88)53(100)87-41(21-12-30-78-59(72)73)52(99)83-37(16-4-7-25-62)48(95)84-39(19-10-28-76-57(68)69)50(97)86-40(20-11-29-77-58(70)71)51(98)85-38(18-9-27-75-56(66)67)49(96)82-36(15-3-6-24-61)47(94)81-35(14-2-5-23-60)46(93)80-34(17-8-26-74-55(64)65)45(92)79-32-43(90)91/h33-42,44,89H,2-32,60-63H2,1H3,(H,79,92)(H,80,93)(H,81,94)(H,82,96)(H,83,99)(H,84,95)(H,85,98)(H,86,97)(H,87,100)(H,90,91)(H4,64,65,74)(H4,66,67,75)(H4,68,69,76)(H4,70,71,77)(H4,72,73,78)/t33-,34+,35+,36+,37+,38+,39+,40+,41+,42+,44+/m1/s1. The summed E-state index contributed by atoms with van der Waals surface area (Å²) in [5, 5.41) is 42.9. The molecule has 1 rings (SSSR count). The van der Waals surface area contributed by atoms with Gasteiger partial charge in [-0.05, 0) is 161 Å². The van der Waals surface area contributed by atoms with Crippen LogP contribution in [0.25, 0.3) is 0 Å². The van der Waals surface area contributed by atoms with Crippen molar-refractivity contribution in [3.05, 3.63) is 0 Å². The maximum atomic E-state index is 14.8. The number of likely N-dealkylation sites (tertiary alicyclic amines) is 1. The van der Waals surface area contributed by atoms with E-state index in [4.69, 9.17) is 80.3 Å². The number of unbranched alkanes of at least 4 members (excludes halogenated alkanes) is 3. The Morgan fingerprint density at radius 1 is 0.396 bits per heavy atom. The topological polar surface area (TPSA) is 766 Å². The van der Waals surface area contributed by atoms with Crippen molar-refractivity contribution in [3.8, 4) is 0 Å². The summed E-state index contributed by atoms with van der Waals surface area (Å²) in [5.74, 6) is -11.2. The summed E-state index contributed by atoms with van der Waals surface area (Å²) in [6.07, 6.45) is 1.05. The predicted molar refractivity (Wildman–Crippen MR) is 379 cm³/mol. The smallest absolute Gasteiger partial charge is 0.322 e. The molecule has 42 nitrogen and oxygen atoms in total. The number of carboxylic acid groups (broad SMARTS) is 1. The Kier molecular flexibility index (Phi) is 44.8. The van der Waals surface area contributed by atoms with E-state index in [2.05, 4.69) is 72.8 Å². The van der Waals surface area contributed by atoms with E-state index in [0.717, 1.165) is 0 Å². The third-order valence-electron chi connectivity index (χ3n) is 15.7. The van der Waals surface area contributed by atoms with E-state index in [9.17, 15) is 63.0 Å². The molecule has 0 unspecified atom stereocenters. The van der Waals surface area contributed by atoms with E-state index >= 15 is 0 Å². The lowest BCUT2D eigenvalue weighted by Crippen LogP contribution is -2.60. The zero-order valence-corrected chi connectivity index (χ0v) is 57.9. The number of nitrogens with two attached hydrogens (primary N) is 14. The van der Waals surface area contributed by atoms with Crippen molar-refractivity contribution in [2.24, 2.45) is 105 Å². The first kappa shape index (κ1) is 89.3. The van der Waals surface area contributed by atoms with Crippen molar-refractivity contribution < 1.29 is 63.0 Å². The molecule has 1 fully saturated rings. The number of guanidine groups is 5. The van der Waals surface area contributed by atoms with Gasteiger partial charge in [0.1, 0.15) is 67.0 Å². The number of nitrogens with one attached hydrogen (secondary N) is 9. The van der Waals surface area contributed by atoms with E-state index in [1.54, 1.807) is 0 Å². The Labute approximate surface area is 587 Å². The first-order valence-electron chi connectivity index (χ1n) is 33.9. The van der Waals surface area contributed by atoms with E-state index in [0.29, 0.717) is 32.1 Å². The van der Waals surface area contributed by atoms with Crippen molar-refractivity contribution in [1.29, 1.82) is 0 Å². The van der Waals surface area contributed by atoms with Crippen LogP contribution < -0.4 is 128 Å². The number of hydrogen-bond donors (Lipinski definition) is 25. The number of rotatable bonds is 53. The molecule has 1 heterocycles. The van der Waals surface area contributed by atoms with Crippen LogP contribution in [-0.4, -0.2) is 242 Å². The molecular weight excluding hydrogens is 1320 g/mol. The van der Waals surface area contributed by atoms with E-state index in [1.807, 2.05) is 0 Å². The van der Waals surface area contributed by atoms with Gasteiger partial charge in [-0.2, -0.15) is 0 Å². The highest BCUT2D eigenvalue weighted by molar-refractivity contribution is 5.99. The summed E-state index contributed by atoms with van der Waals surface area (Å²) in [5.41, 5.74) is 79.0. The second-order valence-electron chi connectivity index (χ2n) is 24.2. The number of aliphatic hydroxyl groups excluding tert-OH is 1. The van der Waals surface area contributed by atoms with E-state index in [-0.39, 0.29) is 191 Å². The molecule has 39 N–H and O–H groups in total. The monoisotopic (exact) mass is 1440 g/mol. The fraction of sp³-hybridized carbons (Fsp3) is 0.729. The quantitative estimate of drug-likeness (QED) is 0.0153. The van der Waals surface area contributed by atoms with Gasteiger partial charge >= 0.3 is 5.97 Å². The molecule has 101 heavy (non-hydrogen) atoms. The van der Waals surface area contributed by atoms with Crippen LogP contribution >= 0.6 is 0 Å². The van der Waals surface area contributed by atoms with Crippen molar-refractivity contribution >= 4 is 94.8 Å². The molecule has 574 valence electrons. The number of aliphatic hydroxyl groups is 1. The number of carbonyl (C=O) groups excluding carboxylic acids is 10. The minimum atomic E-state index is -1.53. The molecule has 10 amide bonds. The summed E-state index contributed by atoms with van der Waals surface area (Å²) < 4.78 is 0. The minimum absolute atomic E-state index is 0.0112. The van der Waals surface area contributed by atoms with Crippen molar-refractivity contribution in [2.75, 3.05) is 65.4 Å². The fourth-order valence-corrected chi connectivity index (χ4v) is 10.3. The Morgan fingerprint density at radius 3 is 0.881 bits per heavy atom. The molecule has 1 aliphatic rings. The molecule has 0 aliphatic carbocycles. The van der Waals surface area contributed by atoms with Crippen LogP contribution in [0.4, 0.5) is 0 Å². The molecule has 0 radical (unpaired) electrons. The van der Waals surface area contributed by atoms with Crippen LogP contribution in [-0.2, 0) is 52.7 Å². The molecule has 1 saturated heterocycles. The number of nitrogens with zero attached hydrogens (tertiary/aromatic N) is 6. The second-order valence-corrected chi connectivity index (χ2v) is 24.2. The first-order valence-corrected chi connectivity index (χ1v) is 33.9. The number of aliphatic carboxylic acids is 1. The Hall–Kier alpha value is -9.68. The van der Waals surface area contributed by atoms with Crippen molar-refractivity contribution in [2.45, 2.75) is 208 Å². The highest BCUT2D eigenvalue weighted by atomic mass is 16.4. The van der Waals surface area contributed by atoms with Gasteiger partial charge in [-0.25, -0.2) is 0 Å². The average molecular weight is 1440 g/mol. The highest BCUT2D eigenvalue weighted by Crippen LogP contribution is 2.20. The van der Waals surface area contributed by atoms with E-state index < -0.39 is 138 Å². The number of hydrogen-bond acceptors (Lipinski definition) is 21. The molecule has 0 aromatic carbocycles. The maximum Gasteiger partial charge on any atom is 0.322 e. The van der Waals surface area contributed by atoms with Gasteiger partial charge in [0.2, 0.25) is 59.1 Å². The summed E-state index contributed by atoms with van der Waals surface area (Å²) in [6.45, 7) is 1.24. The maximum absolute atomic E-state index is 14.8. The fourth-order valence-electron chi connectivity index (χ4n) is 10.3. The van der Waals surface area contributed by atoms with Gasteiger partial charge in [0.15, 0.2) is 29.8 Å². The Morgan fingerprint density at radius 2 is 0.644 bits per heavy atom. The van der Waals surface area contributed by atoms with Crippen LogP contribution in [0.3, 0.4) is 0 Å². The second kappa shape index (κ2) is 50.6. The first-order chi connectivity index (χ1) is 47.9. The Balaban J connectivity index is 3.91. The SMILES string of the molecule is C[C@@H](O)[C@H](N)C(=O)N1CCC[C@H]1C(=O)N[C@@H](CCCN=C(N)N)C(=O)N[C@@H](CCCCN)C(=O)N[C@@H](CCCN=C(N)N)C(=O)N[C@@H](CCCN=C(N)N)C(=O)N[C@@H](CCCN=C(N)N)C(=O)N[C@@H](CCCCN)C(=O)N[C@@H](CCCCN)C(=O)N[C@@H](CCCN=C(N)N)C(=O)NCC(=O)O. The lowest BCUT2D eigenvalue weighted by Gasteiger charge is -2.30.